The first-order chi connectivity index (χ1) is 9.10. The summed E-state index contributed by atoms with van der Waals surface area (Å²) in [5.74, 6) is 1.63. The summed E-state index contributed by atoms with van der Waals surface area (Å²) in [4.78, 5) is 0. The molecule has 0 bridgehead atoms. The second kappa shape index (κ2) is 5.79. The highest BCUT2D eigenvalue weighted by atomic mass is 16.3. The Morgan fingerprint density at radius 3 is 2.58 bits per heavy atom. The van der Waals surface area contributed by atoms with E-state index >= 15 is 0 Å². The van der Waals surface area contributed by atoms with Crippen molar-refractivity contribution < 1.29 is 4.42 Å². The lowest BCUT2D eigenvalue weighted by atomic mass is 9.93. The number of benzene rings is 1. The van der Waals surface area contributed by atoms with Crippen LogP contribution in [-0.4, -0.2) is 7.05 Å². The molecule has 2 aromatic rings. The van der Waals surface area contributed by atoms with Crippen LogP contribution in [0.2, 0.25) is 0 Å². The highest BCUT2D eigenvalue weighted by Crippen LogP contribution is 2.35. The topological polar surface area (TPSA) is 25.2 Å². The summed E-state index contributed by atoms with van der Waals surface area (Å²) in [6.45, 7) is 9.68. The van der Waals surface area contributed by atoms with Crippen molar-refractivity contribution in [3.8, 4) is 0 Å². The molecular formula is C17H25NO. The minimum Gasteiger partial charge on any atom is -0.459 e. The Morgan fingerprint density at radius 2 is 2.00 bits per heavy atom. The van der Waals surface area contributed by atoms with Gasteiger partial charge in [0.2, 0.25) is 0 Å². The van der Waals surface area contributed by atoms with Crippen LogP contribution in [0, 0.1) is 6.92 Å². The zero-order valence-electron chi connectivity index (χ0n) is 12.8. The van der Waals surface area contributed by atoms with Gasteiger partial charge in [-0.1, -0.05) is 39.3 Å². The van der Waals surface area contributed by atoms with E-state index in [9.17, 15) is 0 Å². The quantitative estimate of drug-likeness (QED) is 0.853. The average molecular weight is 259 g/mol. The zero-order valence-corrected chi connectivity index (χ0v) is 12.8. The molecule has 0 aliphatic carbocycles. The molecule has 0 aliphatic rings. The highest BCUT2D eigenvalue weighted by Gasteiger charge is 2.18. The summed E-state index contributed by atoms with van der Waals surface area (Å²) >= 11 is 0. The Labute approximate surface area is 116 Å². The number of hydrogen-bond donors (Lipinski definition) is 1. The SMILES string of the molecule is CCCc1c(CNC)oc2c(C)ccc(C(C)C)c12. The molecule has 0 saturated carbocycles. The van der Waals surface area contributed by atoms with E-state index in [0.29, 0.717) is 5.92 Å². The van der Waals surface area contributed by atoms with Crippen LogP contribution in [0.5, 0.6) is 0 Å². The van der Waals surface area contributed by atoms with Gasteiger partial charge in [0.25, 0.3) is 0 Å². The standard InChI is InChI=1S/C17H25NO/c1-6-7-14-15(10-18-5)19-17-12(4)8-9-13(11(2)3)16(14)17/h8-9,11,18H,6-7,10H2,1-5H3. The Balaban J connectivity index is 2.75. The Bertz CT molecular complexity index is 566. The Kier molecular flexibility index (Phi) is 4.31. The van der Waals surface area contributed by atoms with Crippen LogP contribution in [-0.2, 0) is 13.0 Å². The number of nitrogens with one attached hydrogen (secondary N) is 1. The van der Waals surface area contributed by atoms with Gasteiger partial charge in [-0.25, -0.2) is 0 Å². The molecule has 2 nitrogen and oxygen atoms in total. The van der Waals surface area contributed by atoms with Gasteiger partial charge < -0.3 is 9.73 Å². The van der Waals surface area contributed by atoms with Crippen molar-refractivity contribution in [1.29, 1.82) is 0 Å². The van der Waals surface area contributed by atoms with Gasteiger partial charge in [-0.05, 0) is 37.4 Å². The van der Waals surface area contributed by atoms with Gasteiger partial charge in [0.05, 0.1) is 6.54 Å². The van der Waals surface area contributed by atoms with Crippen molar-refractivity contribution in [2.24, 2.45) is 0 Å². The van der Waals surface area contributed by atoms with Crippen LogP contribution in [0.25, 0.3) is 11.0 Å². The summed E-state index contributed by atoms with van der Waals surface area (Å²) < 4.78 is 6.15. The molecule has 1 heterocycles. The number of furan rings is 1. The number of rotatable bonds is 5. The average Bonchev–Trinajstić information content (AvgIpc) is 2.71. The van der Waals surface area contributed by atoms with E-state index in [-0.39, 0.29) is 0 Å². The minimum atomic E-state index is 0.527. The fourth-order valence-corrected chi connectivity index (χ4v) is 2.77. The van der Waals surface area contributed by atoms with Crippen molar-refractivity contribution in [3.63, 3.8) is 0 Å². The van der Waals surface area contributed by atoms with Gasteiger partial charge in [-0.15, -0.1) is 0 Å². The van der Waals surface area contributed by atoms with Crippen LogP contribution >= 0.6 is 0 Å². The molecule has 2 heteroatoms. The number of aryl methyl sites for hydroxylation is 2. The lowest BCUT2D eigenvalue weighted by Crippen LogP contribution is -2.06. The molecule has 0 aliphatic heterocycles. The smallest absolute Gasteiger partial charge is 0.137 e. The first-order valence-electron chi connectivity index (χ1n) is 7.28. The molecular weight excluding hydrogens is 234 g/mol. The number of fused-ring (bicyclic) bond motifs is 1. The van der Waals surface area contributed by atoms with Crippen LogP contribution in [0.4, 0.5) is 0 Å². The van der Waals surface area contributed by atoms with Gasteiger partial charge in [-0.3, -0.25) is 0 Å². The molecule has 0 amide bonds. The lowest BCUT2D eigenvalue weighted by molar-refractivity contribution is 0.522. The minimum absolute atomic E-state index is 0.527. The number of hydrogen-bond acceptors (Lipinski definition) is 2. The molecule has 19 heavy (non-hydrogen) atoms. The molecule has 0 fully saturated rings. The predicted octanol–water partition coefficient (Wildman–Crippen LogP) is 4.54. The van der Waals surface area contributed by atoms with E-state index in [2.05, 4.69) is 45.1 Å². The van der Waals surface area contributed by atoms with Crippen molar-refractivity contribution in [2.45, 2.75) is 53.0 Å². The molecule has 1 N–H and O–H groups in total. The maximum absolute atomic E-state index is 6.15. The summed E-state index contributed by atoms with van der Waals surface area (Å²) in [5, 5.41) is 4.58. The Hall–Kier alpha value is -1.28. The monoisotopic (exact) mass is 259 g/mol. The van der Waals surface area contributed by atoms with E-state index in [1.165, 1.54) is 22.1 Å². The van der Waals surface area contributed by atoms with E-state index in [1.54, 1.807) is 0 Å². The summed E-state index contributed by atoms with van der Waals surface area (Å²) in [7, 11) is 1.97. The molecule has 104 valence electrons. The summed E-state index contributed by atoms with van der Waals surface area (Å²) in [6, 6.07) is 4.44. The first kappa shape index (κ1) is 14.1. The van der Waals surface area contributed by atoms with Gasteiger partial charge in [-0.2, -0.15) is 0 Å². The molecule has 0 radical (unpaired) electrons. The Morgan fingerprint density at radius 1 is 1.26 bits per heavy atom. The third-order valence-corrected chi connectivity index (χ3v) is 3.71. The van der Waals surface area contributed by atoms with Crippen molar-refractivity contribution in [2.75, 3.05) is 7.05 Å². The molecule has 1 aromatic heterocycles. The fraction of sp³-hybridized carbons (Fsp3) is 0.529. The predicted molar refractivity (Wildman–Crippen MR) is 81.8 cm³/mol. The van der Waals surface area contributed by atoms with E-state index in [1.807, 2.05) is 7.05 Å². The molecule has 0 unspecified atom stereocenters. The van der Waals surface area contributed by atoms with E-state index < -0.39 is 0 Å². The molecule has 0 saturated heterocycles. The van der Waals surface area contributed by atoms with Crippen molar-refractivity contribution in [1.82, 2.24) is 5.32 Å². The van der Waals surface area contributed by atoms with Gasteiger partial charge >= 0.3 is 0 Å². The molecule has 2 rings (SSSR count). The van der Waals surface area contributed by atoms with E-state index in [4.69, 9.17) is 4.42 Å². The molecule has 0 atom stereocenters. The fourth-order valence-electron chi connectivity index (χ4n) is 2.77. The van der Waals surface area contributed by atoms with Crippen LogP contribution in [0.1, 0.15) is 55.6 Å². The zero-order chi connectivity index (χ0) is 14.0. The second-order valence-electron chi connectivity index (χ2n) is 5.61. The summed E-state index contributed by atoms with van der Waals surface area (Å²) in [5.41, 5.74) is 5.13. The van der Waals surface area contributed by atoms with Crippen molar-refractivity contribution in [3.05, 3.63) is 34.6 Å². The van der Waals surface area contributed by atoms with E-state index in [0.717, 1.165) is 30.7 Å². The van der Waals surface area contributed by atoms with Crippen LogP contribution in [0.15, 0.2) is 16.5 Å². The summed E-state index contributed by atoms with van der Waals surface area (Å²) in [6.07, 6.45) is 2.24. The van der Waals surface area contributed by atoms with Gasteiger partial charge in [0.1, 0.15) is 11.3 Å². The molecule has 1 aromatic carbocycles. The first-order valence-corrected chi connectivity index (χ1v) is 7.28. The third-order valence-electron chi connectivity index (χ3n) is 3.71. The van der Waals surface area contributed by atoms with Crippen LogP contribution in [0.3, 0.4) is 0 Å². The highest BCUT2D eigenvalue weighted by molar-refractivity contribution is 5.88. The largest absolute Gasteiger partial charge is 0.459 e. The second-order valence-corrected chi connectivity index (χ2v) is 5.61. The molecule has 0 spiro atoms. The van der Waals surface area contributed by atoms with Gasteiger partial charge in [0.15, 0.2) is 0 Å². The lowest BCUT2D eigenvalue weighted by Gasteiger charge is -2.10. The normalized spacial score (nSPS) is 11.7. The maximum Gasteiger partial charge on any atom is 0.137 e. The van der Waals surface area contributed by atoms with Crippen molar-refractivity contribution >= 4 is 11.0 Å². The third kappa shape index (κ3) is 2.55. The van der Waals surface area contributed by atoms with Crippen LogP contribution < -0.4 is 5.32 Å². The van der Waals surface area contributed by atoms with Gasteiger partial charge in [0, 0.05) is 10.9 Å². The maximum atomic E-state index is 6.15.